The van der Waals surface area contributed by atoms with Gasteiger partial charge < -0.3 is 15.3 Å². The predicted octanol–water partition coefficient (Wildman–Crippen LogP) is 1.95. The predicted molar refractivity (Wildman–Crippen MR) is 73.8 cm³/mol. The summed E-state index contributed by atoms with van der Waals surface area (Å²) in [5, 5.41) is 12.6. The molecule has 0 aromatic carbocycles. The van der Waals surface area contributed by atoms with Crippen LogP contribution in [-0.4, -0.2) is 47.7 Å². The first-order valence-corrected chi connectivity index (χ1v) is 7.07. The van der Waals surface area contributed by atoms with Gasteiger partial charge in [0.15, 0.2) is 0 Å². The van der Waals surface area contributed by atoms with Gasteiger partial charge in [-0.25, -0.2) is 0 Å². The Kier molecular flexibility index (Phi) is 5.60. The molecule has 4 nitrogen and oxygen atoms in total. The second kappa shape index (κ2) is 6.53. The highest BCUT2D eigenvalue weighted by Crippen LogP contribution is 2.30. The fourth-order valence-electron chi connectivity index (χ4n) is 2.27. The van der Waals surface area contributed by atoms with Crippen molar-refractivity contribution in [1.82, 2.24) is 10.2 Å². The van der Waals surface area contributed by atoms with Crippen molar-refractivity contribution in [2.75, 3.05) is 20.1 Å². The minimum absolute atomic E-state index is 0.288. The van der Waals surface area contributed by atoms with E-state index >= 15 is 0 Å². The summed E-state index contributed by atoms with van der Waals surface area (Å²) in [4.78, 5) is 13.7. The highest BCUT2D eigenvalue weighted by Gasteiger charge is 2.35. The summed E-state index contributed by atoms with van der Waals surface area (Å²) in [5.41, 5.74) is -0.812. The van der Waals surface area contributed by atoms with Crippen LogP contribution in [0.2, 0.25) is 0 Å². The van der Waals surface area contributed by atoms with E-state index in [1.807, 2.05) is 0 Å². The van der Waals surface area contributed by atoms with Crippen LogP contribution < -0.4 is 5.32 Å². The fraction of sp³-hybridized carbons (Fsp3) is 0.929. The number of hydrogen-bond acceptors (Lipinski definition) is 3. The Morgan fingerprint density at radius 2 is 2.17 bits per heavy atom. The number of aliphatic carboxylic acids is 1. The van der Waals surface area contributed by atoms with E-state index in [1.54, 1.807) is 6.92 Å². The first kappa shape index (κ1) is 15.4. The molecule has 2 N–H and O–H groups in total. The van der Waals surface area contributed by atoms with E-state index in [1.165, 1.54) is 12.8 Å². The minimum Gasteiger partial charge on any atom is -0.480 e. The molecule has 1 fully saturated rings. The van der Waals surface area contributed by atoms with Gasteiger partial charge in [-0.05, 0) is 59.0 Å². The van der Waals surface area contributed by atoms with Crippen LogP contribution in [0.4, 0.5) is 0 Å². The van der Waals surface area contributed by atoms with Gasteiger partial charge in [-0.3, -0.25) is 4.79 Å². The highest BCUT2D eigenvalue weighted by atomic mass is 16.4. The lowest BCUT2D eigenvalue weighted by Gasteiger charge is -2.33. The monoisotopic (exact) mass is 256 g/mol. The number of carboxylic acids is 1. The Balaban J connectivity index is 2.49. The molecule has 0 radical (unpaired) electrons. The van der Waals surface area contributed by atoms with E-state index in [9.17, 15) is 9.90 Å². The smallest absolute Gasteiger partial charge is 0.323 e. The highest BCUT2D eigenvalue weighted by molar-refractivity contribution is 5.78. The van der Waals surface area contributed by atoms with E-state index in [2.05, 4.69) is 31.1 Å². The zero-order valence-electron chi connectivity index (χ0n) is 12.2. The molecule has 2 atom stereocenters. The maximum absolute atomic E-state index is 11.4. The van der Waals surface area contributed by atoms with Crippen LogP contribution in [0.25, 0.3) is 0 Å². The Bertz CT molecular complexity index is 279. The van der Waals surface area contributed by atoms with Crippen LogP contribution in [0.5, 0.6) is 0 Å². The summed E-state index contributed by atoms with van der Waals surface area (Å²) in [5.74, 6) is 0.0970. The first-order valence-electron chi connectivity index (χ1n) is 7.07. The summed E-state index contributed by atoms with van der Waals surface area (Å²) in [6.07, 6.45) is 4.27. The summed E-state index contributed by atoms with van der Waals surface area (Å²) in [6.45, 7) is 7.83. The molecule has 1 saturated carbocycles. The van der Waals surface area contributed by atoms with Crippen molar-refractivity contribution < 1.29 is 9.90 Å². The topological polar surface area (TPSA) is 52.6 Å². The van der Waals surface area contributed by atoms with E-state index in [0.29, 0.717) is 6.42 Å². The van der Waals surface area contributed by atoms with Gasteiger partial charge in [-0.15, -0.1) is 0 Å². The number of carbonyl (C=O) groups is 1. The number of nitrogens with zero attached hydrogens (tertiary/aromatic N) is 1. The lowest BCUT2D eigenvalue weighted by Crippen LogP contribution is -2.53. The van der Waals surface area contributed by atoms with Crippen molar-refractivity contribution in [1.29, 1.82) is 0 Å². The molecule has 0 spiro atoms. The largest absolute Gasteiger partial charge is 0.480 e. The quantitative estimate of drug-likeness (QED) is 0.662. The second-order valence-electron chi connectivity index (χ2n) is 6.00. The van der Waals surface area contributed by atoms with Gasteiger partial charge in [0.25, 0.3) is 0 Å². The van der Waals surface area contributed by atoms with Crippen LogP contribution >= 0.6 is 0 Å². The van der Waals surface area contributed by atoms with Gasteiger partial charge >= 0.3 is 5.97 Å². The van der Waals surface area contributed by atoms with Gasteiger partial charge in [-0.2, -0.15) is 0 Å². The summed E-state index contributed by atoms with van der Waals surface area (Å²) in [7, 11) is 2.10. The summed E-state index contributed by atoms with van der Waals surface area (Å²) in [6, 6.07) is 0.288. The molecule has 2 unspecified atom stereocenters. The molecule has 0 aromatic heterocycles. The van der Waals surface area contributed by atoms with E-state index in [-0.39, 0.29) is 6.04 Å². The number of rotatable bonds is 9. The average Bonchev–Trinajstić information content (AvgIpc) is 3.09. The summed E-state index contributed by atoms with van der Waals surface area (Å²) >= 11 is 0. The van der Waals surface area contributed by atoms with Crippen molar-refractivity contribution in [3.8, 4) is 0 Å². The molecule has 0 aliphatic heterocycles. The van der Waals surface area contributed by atoms with Gasteiger partial charge in [-0.1, -0.05) is 6.92 Å². The summed E-state index contributed by atoms with van der Waals surface area (Å²) < 4.78 is 0. The third-order valence-electron chi connectivity index (χ3n) is 3.94. The molecular weight excluding hydrogens is 228 g/mol. The van der Waals surface area contributed by atoms with Crippen molar-refractivity contribution >= 4 is 5.97 Å². The molecule has 1 aliphatic carbocycles. The first-order chi connectivity index (χ1) is 8.39. The molecular formula is C14H28N2O2. The second-order valence-corrected chi connectivity index (χ2v) is 6.00. The number of hydrogen-bond donors (Lipinski definition) is 2. The molecule has 0 bridgehead atoms. The van der Waals surface area contributed by atoms with E-state index in [4.69, 9.17) is 0 Å². The molecule has 0 aromatic rings. The molecule has 106 valence electrons. The minimum atomic E-state index is -0.812. The zero-order chi connectivity index (χ0) is 13.8. The van der Waals surface area contributed by atoms with Crippen LogP contribution in [0, 0.1) is 5.92 Å². The van der Waals surface area contributed by atoms with Gasteiger partial charge in [0.05, 0.1) is 0 Å². The van der Waals surface area contributed by atoms with Gasteiger partial charge in [0, 0.05) is 12.6 Å². The Labute approximate surface area is 111 Å². The van der Waals surface area contributed by atoms with Crippen molar-refractivity contribution in [2.24, 2.45) is 5.92 Å². The molecule has 0 saturated heterocycles. The van der Waals surface area contributed by atoms with Crippen molar-refractivity contribution in [3.63, 3.8) is 0 Å². The van der Waals surface area contributed by atoms with Gasteiger partial charge in [0.2, 0.25) is 0 Å². The third-order valence-corrected chi connectivity index (χ3v) is 3.94. The molecule has 0 amide bonds. The van der Waals surface area contributed by atoms with Crippen LogP contribution in [-0.2, 0) is 4.79 Å². The Morgan fingerprint density at radius 3 is 2.61 bits per heavy atom. The van der Waals surface area contributed by atoms with Crippen LogP contribution in [0.1, 0.15) is 46.5 Å². The molecule has 18 heavy (non-hydrogen) atoms. The Morgan fingerprint density at radius 1 is 1.56 bits per heavy atom. The van der Waals surface area contributed by atoms with Crippen molar-refractivity contribution in [2.45, 2.75) is 58.0 Å². The third kappa shape index (κ3) is 4.58. The lowest BCUT2D eigenvalue weighted by molar-refractivity contribution is -0.145. The molecule has 4 heteroatoms. The SMILES string of the molecule is CCCNC(C)(CC(C)N(C)CC1CC1)C(=O)O. The fourth-order valence-corrected chi connectivity index (χ4v) is 2.27. The number of carboxylic acid groups (broad SMARTS) is 1. The number of nitrogens with one attached hydrogen (secondary N) is 1. The Hall–Kier alpha value is -0.610. The standard InChI is InChI=1S/C14H28N2O2/c1-5-8-15-14(3,13(17)18)9-11(2)16(4)10-12-6-7-12/h11-12,15H,5-10H2,1-4H3,(H,17,18). The van der Waals surface area contributed by atoms with Crippen LogP contribution in [0.15, 0.2) is 0 Å². The maximum Gasteiger partial charge on any atom is 0.323 e. The van der Waals surface area contributed by atoms with Crippen molar-refractivity contribution in [3.05, 3.63) is 0 Å². The molecule has 1 rings (SSSR count). The maximum atomic E-state index is 11.4. The van der Waals surface area contributed by atoms with E-state index in [0.717, 1.165) is 25.4 Å². The van der Waals surface area contributed by atoms with E-state index < -0.39 is 11.5 Å². The average molecular weight is 256 g/mol. The molecule has 1 aliphatic rings. The normalized spacial score (nSPS) is 20.7. The van der Waals surface area contributed by atoms with Crippen LogP contribution in [0.3, 0.4) is 0 Å². The lowest BCUT2D eigenvalue weighted by atomic mass is 9.92. The zero-order valence-corrected chi connectivity index (χ0v) is 12.2. The molecule has 0 heterocycles. The van der Waals surface area contributed by atoms with Gasteiger partial charge in [0.1, 0.15) is 5.54 Å².